The molecule has 6 rings (SSSR count). The number of carbonyl (C=O) groups excluding carboxylic acids is 1. The molecule has 2 aliphatic carbocycles. The van der Waals surface area contributed by atoms with E-state index in [1.54, 1.807) is 12.1 Å². The van der Waals surface area contributed by atoms with Crippen molar-refractivity contribution in [2.75, 3.05) is 29.5 Å². The van der Waals surface area contributed by atoms with E-state index >= 15 is 0 Å². The summed E-state index contributed by atoms with van der Waals surface area (Å²) in [5, 5.41) is 26.9. The molecule has 210 valence electrons. The number of hydrogen-bond acceptors (Lipinski definition) is 7. The molecule has 10 heteroatoms. The lowest BCUT2D eigenvalue weighted by atomic mass is 9.75. The fraction of sp³-hybridized carbons (Fsp3) is 0.419. The molecular weight excluding hydrogens is 536 g/mol. The Morgan fingerprint density at radius 2 is 1.61 bits per heavy atom. The van der Waals surface area contributed by atoms with Crippen LogP contribution in [0.3, 0.4) is 0 Å². The van der Waals surface area contributed by atoms with Gasteiger partial charge in [0, 0.05) is 42.4 Å². The number of carbonyl (C=O) groups is 1. The summed E-state index contributed by atoms with van der Waals surface area (Å²) in [6, 6.07) is 19.8. The van der Waals surface area contributed by atoms with Crippen molar-refractivity contribution in [2.45, 2.75) is 50.0 Å². The Morgan fingerprint density at radius 3 is 2.24 bits per heavy atom. The second kappa shape index (κ2) is 10.7. The van der Waals surface area contributed by atoms with E-state index in [-0.39, 0.29) is 29.2 Å². The number of nitrogens with one attached hydrogen (secondary N) is 1. The van der Waals surface area contributed by atoms with Crippen LogP contribution in [0.15, 0.2) is 54.7 Å². The van der Waals surface area contributed by atoms with E-state index < -0.39 is 15.4 Å². The minimum absolute atomic E-state index is 0.0666. The van der Waals surface area contributed by atoms with Gasteiger partial charge in [-0.3, -0.25) is 4.79 Å². The maximum absolute atomic E-state index is 13.5. The lowest BCUT2D eigenvalue weighted by molar-refractivity contribution is -0.127. The zero-order valence-corrected chi connectivity index (χ0v) is 23.6. The molecule has 2 saturated carbocycles. The summed E-state index contributed by atoms with van der Waals surface area (Å²) in [7, 11) is -2.96. The predicted molar refractivity (Wildman–Crippen MR) is 155 cm³/mol. The Hall–Kier alpha value is -4.15. The van der Waals surface area contributed by atoms with Crippen LogP contribution in [-0.4, -0.2) is 54.2 Å². The van der Waals surface area contributed by atoms with Gasteiger partial charge in [-0.1, -0.05) is 25.0 Å². The summed E-state index contributed by atoms with van der Waals surface area (Å²) < 4.78 is 25.6. The first-order chi connectivity index (χ1) is 19.8. The molecule has 3 fully saturated rings. The fourth-order valence-electron chi connectivity index (χ4n) is 6.02. The number of amides is 1. The quantitative estimate of drug-likeness (QED) is 0.474. The minimum atomic E-state index is -2.96. The zero-order chi connectivity index (χ0) is 28.6. The Balaban J connectivity index is 1.35. The van der Waals surface area contributed by atoms with Crippen LogP contribution in [0.4, 0.5) is 5.69 Å². The van der Waals surface area contributed by atoms with Crippen LogP contribution in [0.5, 0.6) is 0 Å². The molecule has 0 spiro atoms. The molecular formula is C31H32N6O3S. The first-order valence-electron chi connectivity index (χ1n) is 14.2. The number of benzene rings is 2. The van der Waals surface area contributed by atoms with Gasteiger partial charge in [0.15, 0.2) is 9.84 Å². The standard InChI is InChI=1S/C31H32N6O3S/c32-19-22-5-9-25(10-6-22)37-20-28(23-7-11-24(12-8-23)36-15-17-41(39,40)18-16-36)29(35-37)26-3-1-2-4-27(26)30(38)34-31(21-33)13-14-31/h5-12,20,26-27H,1-4,13-18H2,(H,34,38). The van der Waals surface area contributed by atoms with Crippen molar-refractivity contribution >= 4 is 21.4 Å². The Bertz CT molecular complexity index is 1630. The number of nitriles is 2. The number of nitrogens with zero attached hydrogens (tertiary/aromatic N) is 5. The van der Waals surface area contributed by atoms with Crippen LogP contribution >= 0.6 is 0 Å². The number of hydrogen-bond donors (Lipinski definition) is 1. The molecule has 1 amide bonds. The highest BCUT2D eigenvalue weighted by Gasteiger charge is 2.47. The van der Waals surface area contributed by atoms with Gasteiger partial charge in [-0.15, -0.1) is 0 Å². The van der Waals surface area contributed by atoms with Crippen molar-refractivity contribution < 1.29 is 13.2 Å². The van der Waals surface area contributed by atoms with Crippen molar-refractivity contribution in [1.82, 2.24) is 15.1 Å². The molecule has 1 aliphatic heterocycles. The molecule has 2 aromatic carbocycles. The largest absolute Gasteiger partial charge is 0.369 e. The summed E-state index contributed by atoms with van der Waals surface area (Å²) in [6.07, 6.45) is 6.91. The maximum atomic E-state index is 13.5. The molecule has 3 aromatic rings. The highest BCUT2D eigenvalue weighted by molar-refractivity contribution is 7.91. The summed E-state index contributed by atoms with van der Waals surface area (Å²) in [5.74, 6) is -0.113. The van der Waals surface area contributed by atoms with Crippen LogP contribution in [0.1, 0.15) is 55.7 Å². The number of aromatic nitrogens is 2. The highest BCUT2D eigenvalue weighted by atomic mass is 32.2. The van der Waals surface area contributed by atoms with Crippen LogP contribution < -0.4 is 10.2 Å². The predicted octanol–water partition coefficient (Wildman–Crippen LogP) is 4.09. The lowest BCUT2D eigenvalue weighted by Crippen LogP contribution is -2.42. The van der Waals surface area contributed by atoms with Gasteiger partial charge < -0.3 is 10.2 Å². The van der Waals surface area contributed by atoms with E-state index in [9.17, 15) is 23.7 Å². The minimum Gasteiger partial charge on any atom is -0.369 e. The van der Waals surface area contributed by atoms with Gasteiger partial charge in [-0.05, 0) is 67.6 Å². The van der Waals surface area contributed by atoms with Gasteiger partial charge >= 0.3 is 0 Å². The molecule has 2 atom stereocenters. The van der Waals surface area contributed by atoms with Gasteiger partial charge in [-0.25, -0.2) is 13.1 Å². The van der Waals surface area contributed by atoms with E-state index in [1.807, 2.05) is 47.3 Å². The van der Waals surface area contributed by atoms with Gasteiger partial charge in [0.2, 0.25) is 5.91 Å². The number of sulfone groups is 1. The Kier molecular flexibility index (Phi) is 7.04. The van der Waals surface area contributed by atoms with E-state index in [0.717, 1.165) is 53.9 Å². The fourth-order valence-corrected chi connectivity index (χ4v) is 7.22. The highest BCUT2D eigenvalue weighted by Crippen LogP contribution is 2.43. The van der Waals surface area contributed by atoms with Crippen molar-refractivity contribution in [3.63, 3.8) is 0 Å². The van der Waals surface area contributed by atoms with Crippen LogP contribution in [0.2, 0.25) is 0 Å². The molecule has 1 N–H and O–H groups in total. The zero-order valence-electron chi connectivity index (χ0n) is 22.8. The number of rotatable bonds is 6. The van der Waals surface area contributed by atoms with Crippen molar-refractivity contribution in [2.24, 2.45) is 5.92 Å². The molecule has 2 unspecified atom stereocenters. The third-order valence-corrected chi connectivity index (χ3v) is 10.3. The average Bonchev–Trinajstić information content (AvgIpc) is 3.63. The first kappa shape index (κ1) is 27.0. The summed E-state index contributed by atoms with van der Waals surface area (Å²) in [4.78, 5) is 15.6. The van der Waals surface area contributed by atoms with Crippen molar-refractivity contribution in [3.05, 3.63) is 66.0 Å². The van der Waals surface area contributed by atoms with E-state index in [2.05, 4.69) is 22.4 Å². The summed E-state index contributed by atoms with van der Waals surface area (Å²) >= 11 is 0. The second-order valence-electron chi connectivity index (χ2n) is 11.4. The molecule has 0 bridgehead atoms. The molecule has 9 nitrogen and oxygen atoms in total. The molecule has 2 heterocycles. The smallest absolute Gasteiger partial charge is 0.225 e. The van der Waals surface area contributed by atoms with E-state index in [0.29, 0.717) is 31.5 Å². The second-order valence-corrected chi connectivity index (χ2v) is 13.7. The third-order valence-electron chi connectivity index (χ3n) is 8.67. The van der Waals surface area contributed by atoms with Crippen LogP contribution in [-0.2, 0) is 14.6 Å². The van der Waals surface area contributed by atoms with E-state index in [4.69, 9.17) is 5.10 Å². The Morgan fingerprint density at radius 1 is 0.951 bits per heavy atom. The average molecular weight is 569 g/mol. The van der Waals surface area contributed by atoms with Gasteiger partial charge in [-0.2, -0.15) is 15.6 Å². The summed E-state index contributed by atoms with van der Waals surface area (Å²) in [5.41, 5.74) is 4.41. The normalized spacial score (nSPS) is 22.7. The van der Waals surface area contributed by atoms with E-state index in [1.165, 1.54) is 0 Å². The molecule has 3 aliphatic rings. The molecule has 1 aromatic heterocycles. The monoisotopic (exact) mass is 568 g/mol. The van der Waals surface area contributed by atoms with Gasteiger partial charge in [0.25, 0.3) is 0 Å². The first-order valence-corrected chi connectivity index (χ1v) is 16.0. The van der Waals surface area contributed by atoms with Crippen molar-refractivity contribution in [1.29, 1.82) is 10.5 Å². The lowest BCUT2D eigenvalue weighted by Gasteiger charge is -2.31. The SMILES string of the molecule is N#Cc1ccc(-n2cc(-c3ccc(N4CCS(=O)(=O)CC4)cc3)c(C3CCCCC3C(=O)NC3(C#N)CC3)n2)cc1. The van der Waals surface area contributed by atoms with Crippen LogP contribution in [0, 0.1) is 28.6 Å². The maximum Gasteiger partial charge on any atom is 0.225 e. The van der Waals surface area contributed by atoms with Crippen molar-refractivity contribution in [3.8, 4) is 29.0 Å². The number of anilines is 1. The third kappa shape index (κ3) is 5.57. The van der Waals surface area contributed by atoms with Gasteiger partial charge in [0.05, 0.1) is 40.6 Å². The van der Waals surface area contributed by atoms with Gasteiger partial charge in [0.1, 0.15) is 5.54 Å². The Labute approximate surface area is 240 Å². The molecule has 41 heavy (non-hydrogen) atoms. The topological polar surface area (TPSA) is 132 Å². The summed E-state index contributed by atoms with van der Waals surface area (Å²) in [6.45, 7) is 0.958. The van der Waals surface area contributed by atoms with Crippen LogP contribution in [0.25, 0.3) is 16.8 Å². The molecule has 1 saturated heterocycles. The molecule has 0 radical (unpaired) electrons.